The van der Waals surface area contributed by atoms with E-state index in [2.05, 4.69) is 33.0 Å². The fourth-order valence-electron chi connectivity index (χ4n) is 8.11. The van der Waals surface area contributed by atoms with Gasteiger partial charge in [-0.3, -0.25) is 34.1 Å². The van der Waals surface area contributed by atoms with E-state index in [4.69, 9.17) is 4.74 Å². The highest BCUT2D eigenvalue weighted by molar-refractivity contribution is 7.22. The van der Waals surface area contributed by atoms with Gasteiger partial charge < -0.3 is 25.2 Å². The first-order valence-electron chi connectivity index (χ1n) is 22.3. The van der Waals surface area contributed by atoms with Gasteiger partial charge in [-0.1, -0.05) is 49.3 Å². The van der Waals surface area contributed by atoms with Gasteiger partial charge in [-0.2, -0.15) is 5.10 Å². The summed E-state index contributed by atoms with van der Waals surface area (Å²) in [7, 11) is 0. The Balaban J connectivity index is 0.705. The molecule has 0 spiro atoms. The van der Waals surface area contributed by atoms with Gasteiger partial charge in [-0.05, 0) is 127 Å². The molecule has 3 heterocycles. The van der Waals surface area contributed by atoms with Crippen LogP contribution < -0.4 is 20.8 Å². The number of amides is 5. The number of hydrogen-bond donors (Lipinski definition) is 5. The first-order chi connectivity index (χ1) is 33.0. The van der Waals surface area contributed by atoms with E-state index in [0.717, 1.165) is 53.5 Å². The molecule has 0 bridgehead atoms. The predicted molar refractivity (Wildman–Crippen MR) is 258 cm³/mol. The van der Waals surface area contributed by atoms with E-state index in [1.54, 1.807) is 72.8 Å². The molecule has 6 aromatic rings. The molecular weight excluding hydrogens is 883 g/mol. The van der Waals surface area contributed by atoms with Gasteiger partial charge in [0.05, 0.1) is 19.4 Å². The summed E-state index contributed by atoms with van der Waals surface area (Å²) in [5.41, 5.74) is 7.13. The van der Waals surface area contributed by atoms with Crippen molar-refractivity contribution in [2.75, 3.05) is 13.2 Å². The van der Waals surface area contributed by atoms with Crippen molar-refractivity contribution < 1.29 is 43.7 Å². The molecule has 5 aromatic carbocycles. The molecule has 1 fully saturated rings. The number of piperidine rings is 1. The maximum Gasteiger partial charge on any atom is 0.271 e. The maximum absolute atomic E-state index is 13.9. The summed E-state index contributed by atoms with van der Waals surface area (Å²) in [4.78, 5) is 78.4. The lowest BCUT2D eigenvalue weighted by Gasteiger charge is -2.29. The average molecular weight is 930 g/mol. The van der Waals surface area contributed by atoms with Crippen molar-refractivity contribution in [1.82, 2.24) is 21.0 Å². The minimum Gasteiger partial charge on any atom is -0.508 e. The van der Waals surface area contributed by atoms with Crippen LogP contribution in [-0.2, 0) is 20.9 Å². The Kier molecular flexibility index (Phi) is 14.7. The quantitative estimate of drug-likeness (QED) is 0.0152. The van der Waals surface area contributed by atoms with Crippen LogP contribution in [0.3, 0.4) is 0 Å². The summed E-state index contributed by atoms with van der Waals surface area (Å²) >= 11 is 1.37. The summed E-state index contributed by atoms with van der Waals surface area (Å²) in [5.74, 6) is 5.15. The molecule has 5 amide bonds. The number of aromatic hydroxyl groups is 2. The molecule has 1 unspecified atom stereocenters. The van der Waals surface area contributed by atoms with Crippen LogP contribution in [0.2, 0.25) is 0 Å². The van der Waals surface area contributed by atoms with Crippen LogP contribution in [0.4, 0.5) is 0 Å². The van der Waals surface area contributed by atoms with Gasteiger partial charge in [0.15, 0.2) is 5.78 Å². The van der Waals surface area contributed by atoms with E-state index in [-0.39, 0.29) is 54.5 Å². The molecule has 0 radical (unpaired) electrons. The van der Waals surface area contributed by atoms with Crippen molar-refractivity contribution in [3.05, 3.63) is 148 Å². The van der Waals surface area contributed by atoms with Crippen LogP contribution in [0, 0.1) is 11.8 Å². The van der Waals surface area contributed by atoms with Crippen LogP contribution in [0.25, 0.3) is 20.5 Å². The normalized spacial score (nSPS) is 14.3. The summed E-state index contributed by atoms with van der Waals surface area (Å²) < 4.78 is 6.64. The van der Waals surface area contributed by atoms with Crippen molar-refractivity contribution >= 4 is 63.0 Å². The Morgan fingerprint density at radius 2 is 1.59 bits per heavy atom. The minimum absolute atomic E-state index is 0.0772. The summed E-state index contributed by atoms with van der Waals surface area (Å²) in [5, 5.41) is 29.8. The van der Waals surface area contributed by atoms with Crippen LogP contribution >= 0.6 is 11.3 Å². The lowest BCUT2D eigenvalue weighted by Crippen LogP contribution is -2.52. The third-order valence-electron chi connectivity index (χ3n) is 11.7. The largest absolute Gasteiger partial charge is 0.508 e. The van der Waals surface area contributed by atoms with E-state index < -0.39 is 17.9 Å². The molecule has 8 rings (SSSR count). The van der Waals surface area contributed by atoms with Gasteiger partial charge in [0.1, 0.15) is 23.3 Å². The molecule has 5 N–H and O–H groups in total. The van der Waals surface area contributed by atoms with Gasteiger partial charge >= 0.3 is 0 Å². The van der Waals surface area contributed by atoms with Crippen LogP contribution in [0.5, 0.6) is 17.2 Å². The third-order valence-corrected chi connectivity index (χ3v) is 12.9. The Morgan fingerprint density at radius 3 is 2.37 bits per heavy atom. The molecule has 344 valence electrons. The second-order valence-electron chi connectivity index (χ2n) is 16.4. The van der Waals surface area contributed by atoms with Crippen molar-refractivity contribution in [2.24, 2.45) is 5.10 Å². The van der Waals surface area contributed by atoms with Crippen molar-refractivity contribution in [3.8, 4) is 39.5 Å². The number of thiophene rings is 1. The first-order valence-corrected chi connectivity index (χ1v) is 23.1. The third kappa shape index (κ3) is 11.1. The van der Waals surface area contributed by atoms with Gasteiger partial charge in [-0.15, -0.1) is 11.3 Å². The molecule has 2 aliphatic heterocycles. The molecule has 68 heavy (non-hydrogen) atoms. The highest BCUT2D eigenvalue weighted by Gasteiger charge is 2.39. The molecule has 1 saturated heterocycles. The van der Waals surface area contributed by atoms with Crippen molar-refractivity contribution in [3.63, 3.8) is 0 Å². The van der Waals surface area contributed by atoms with E-state index in [9.17, 15) is 39.0 Å². The number of unbranched alkanes of at least 4 members (excludes halogenated alkanes) is 4. The fourth-order valence-corrected chi connectivity index (χ4v) is 9.34. The number of ether oxygens (including phenoxy) is 1. The van der Waals surface area contributed by atoms with Crippen LogP contribution in [0.15, 0.2) is 114 Å². The number of hydrogen-bond acceptors (Lipinski definition) is 11. The molecule has 1 aromatic heterocycles. The number of fused-ring (bicyclic) bond motifs is 2. The lowest BCUT2D eigenvalue weighted by atomic mass is 9.97. The second-order valence-corrected chi connectivity index (χ2v) is 17.4. The Morgan fingerprint density at radius 1 is 0.853 bits per heavy atom. The number of imide groups is 1. The van der Waals surface area contributed by atoms with Gasteiger partial charge in [0.25, 0.3) is 11.8 Å². The average Bonchev–Trinajstić information content (AvgIpc) is 3.89. The number of phenolic OH excluding ortho intramolecular Hbond substituents is 2. The van der Waals surface area contributed by atoms with Crippen molar-refractivity contribution in [2.45, 2.75) is 64.0 Å². The zero-order valence-corrected chi connectivity index (χ0v) is 37.7. The molecule has 0 aliphatic carbocycles. The number of nitrogens with one attached hydrogen (secondary N) is 3. The van der Waals surface area contributed by atoms with E-state index in [0.29, 0.717) is 63.3 Å². The Hall–Kier alpha value is -8.09. The highest BCUT2D eigenvalue weighted by atomic mass is 32.1. The van der Waals surface area contributed by atoms with Gasteiger partial charge in [0.2, 0.25) is 17.7 Å². The van der Waals surface area contributed by atoms with Crippen LogP contribution in [0.1, 0.15) is 105 Å². The second kappa shape index (κ2) is 21.5. The summed E-state index contributed by atoms with van der Waals surface area (Å²) in [6.07, 6.45) is 6.86. The number of carbonyl (C=O) groups is 6. The monoisotopic (exact) mass is 929 g/mol. The number of hydrazone groups is 1. The molecule has 1 atom stereocenters. The SMILES string of the molecule is O=C(CCCCCCCOc1ccc(C=NNC(=O)c2ccc(C(=O)c3c(-c4ccc(O)cc4)sc4cc(O)ccc34)cc2)cc1)NCC#Cc1cccc2c1CN(C1CCC(=O)NC1=O)C2=O. The van der Waals surface area contributed by atoms with Crippen molar-refractivity contribution in [1.29, 1.82) is 0 Å². The van der Waals surface area contributed by atoms with Crippen LogP contribution in [-0.4, -0.2) is 75.8 Å². The number of nitrogens with zero attached hydrogens (tertiary/aromatic N) is 2. The van der Waals surface area contributed by atoms with E-state index in [1.165, 1.54) is 28.5 Å². The summed E-state index contributed by atoms with van der Waals surface area (Å²) in [6.45, 7) is 0.961. The Bertz CT molecular complexity index is 2990. The lowest BCUT2D eigenvalue weighted by molar-refractivity contribution is -0.137. The number of carbonyl (C=O) groups excluding carboxylic acids is 6. The number of ketones is 1. The van der Waals surface area contributed by atoms with E-state index in [1.807, 2.05) is 30.3 Å². The first kappa shape index (κ1) is 46.4. The van der Waals surface area contributed by atoms with Gasteiger partial charge in [0, 0.05) is 62.2 Å². The predicted octanol–water partition coefficient (Wildman–Crippen LogP) is 7.62. The zero-order valence-electron chi connectivity index (χ0n) is 36.9. The Labute approximate surface area is 396 Å². The molecule has 14 nitrogen and oxygen atoms in total. The topological polar surface area (TPSA) is 204 Å². The smallest absolute Gasteiger partial charge is 0.271 e. The minimum atomic E-state index is -0.694. The molecule has 2 aliphatic rings. The number of phenols is 2. The molecule has 0 saturated carbocycles. The highest BCUT2D eigenvalue weighted by Crippen LogP contribution is 2.41. The van der Waals surface area contributed by atoms with Gasteiger partial charge in [-0.25, -0.2) is 5.43 Å². The fraction of sp³-hybridized carbons (Fsp3) is 0.226. The maximum atomic E-state index is 13.9. The molecule has 15 heteroatoms. The number of rotatable bonds is 17. The summed E-state index contributed by atoms with van der Waals surface area (Å²) in [6, 6.07) is 29.7. The zero-order chi connectivity index (χ0) is 47.6. The molecular formula is C53H47N5O9S. The van der Waals surface area contributed by atoms with E-state index >= 15 is 0 Å². The number of benzene rings is 5. The standard InChI is InChI=1S/C53H47N5O9S/c59-38-20-18-36(19-21-38)50-48(42-25-22-39(60)30-45(42)68-50)49(63)35-14-16-37(17-15-35)51(64)57-55-31-33-12-23-40(24-13-33)67-29-5-3-1-2-4-11-46(61)54-28-7-9-34-8-6-10-41-43(34)32-58(53(41)66)44-26-27-47(62)56-52(44)65/h6,8,10,12-25,30-31,44,59-60H,1-5,11,26-29,32H2,(H,54,61)(H,57,64)(H,56,62,65).